The molecule has 0 fully saturated rings. The van der Waals surface area contributed by atoms with Crippen molar-refractivity contribution < 1.29 is 13.2 Å². The number of nitrogens with one attached hydrogen (secondary N) is 1. The number of hydrogen-bond donors (Lipinski definition) is 1. The Hall–Kier alpha value is -3.61. The summed E-state index contributed by atoms with van der Waals surface area (Å²) < 4.78 is 28.7. The minimum Gasteiger partial charge on any atom is -0.344 e. The van der Waals surface area contributed by atoms with Gasteiger partial charge in [0, 0.05) is 5.02 Å². The van der Waals surface area contributed by atoms with E-state index in [9.17, 15) is 13.2 Å². The highest BCUT2D eigenvalue weighted by Gasteiger charge is 2.30. The van der Waals surface area contributed by atoms with E-state index in [1.807, 2.05) is 68.4 Å². The number of aryl methyl sites for hydroxylation is 2. The van der Waals surface area contributed by atoms with Crippen LogP contribution in [0.25, 0.3) is 0 Å². The molecule has 4 aromatic rings. The highest BCUT2D eigenvalue weighted by Crippen LogP contribution is 2.31. The smallest absolute Gasteiger partial charge is 0.264 e. The molecule has 1 unspecified atom stereocenters. The average Bonchev–Trinajstić information content (AvgIpc) is 2.89. The molecule has 0 aliphatic rings. The van der Waals surface area contributed by atoms with Gasteiger partial charge in [-0.1, -0.05) is 95.5 Å². The molecule has 0 saturated carbocycles. The molecule has 1 N–H and O–H groups in total. The average molecular weight is 533 g/mol. The molecule has 190 valence electrons. The summed E-state index contributed by atoms with van der Waals surface area (Å²) in [6, 6.07) is 28.7. The second kappa shape index (κ2) is 11.2. The molecule has 0 aliphatic carbocycles. The Morgan fingerprint density at radius 1 is 0.784 bits per heavy atom. The normalized spacial score (nSPS) is 12.1. The van der Waals surface area contributed by atoms with Crippen molar-refractivity contribution >= 4 is 33.2 Å². The van der Waals surface area contributed by atoms with E-state index in [4.69, 9.17) is 11.6 Å². The van der Waals surface area contributed by atoms with Gasteiger partial charge in [0.05, 0.1) is 16.6 Å². The molecule has 0 saturated heterocycles. The number of amides is 1. The Kier molecular flexibility index (Phi) is 8.00. The summed E-state index contributed by atoms with van der Waals surface area (Å²) in [5, 5.41) is 3.48. The van der Waals surface area contributed by atoms with Gasteiger partial charge in [0.25, 0.3) is 10.0 Å². The lowest BCUT2D eigenvalue weighted by molar-refractivity contribution is -0.120. The van der Waals surface area contributed by atoms with E-state index in [1.165, 1.54) is 0 Å². The van der Waals surface area contributed by atoms with Crippen LogP contribution in [-0.2, 0) is 14.8 Å². The first kappa shape index (κ1) is 26.5. The maximum Gasteiger partial charge on any atom is 0.264 e. The molecule has 0 heterocycles. The molecule has 1 atom stereocenters. The number of rotatable bonds is 8. The van der Waals surface area contributed by atoms with Crippen LogP contribution >= 0.6 is 11.6 Å². The third kappa shape index (κ3) is 6.04. The van der Waals surface area contributed by atoms with E-state index in [-0.39, 0.29) is 4.90 Å². The van der Waals surface area contributed by atoms with E-state index < -0.39 is 28.5 Å². The van der Waals surface area contributed by atoms with Gasteiger partial charge in [0.15, 0.2) is 0 Å². The number of carbonyl (C=O) groups excluding carboxylic acids is 1. The fourth-order valence-corrected chi connectivity index (χ4v) is 5.75. The van der Waals surface area contributed by atoms with Crippen molar-refractivity contribution in [3.8, 4) is 0 Å². The molecule has 0 aliphatic heterocycles. The number of nitrogens with zero attached hydrogens (tertiary/aromatic N) is 1. The zero-order valence-corrected chi connectivity index (χ0v) is 22.6. The quantitative estimate of drug-likeness (QED) is 0.287. The highest BCUT2D eigenvalue weighted by atomic mass is 35.5. The van der Waals surface area contributed by atoms with Gasteiger partial charge in [-0.3, -0.25) is 9.10 Å². The zero-order valence-electron chi connectivity index (χ0n) is 21.0. The van der Waals surface area contributed by atoms with Crippen LogP contribution in [0.3, 0.4) is 0 Å². The number of benzene rings is 4. The van der Waals surface area contributed by atoms with Crippen LogP contribution in [0.4, 0.5) is 5.69 Å². The molecule has 4 aromatic carbocycles. The minimum absolute atomic E-state index is 0.100. The van der Waals surface area contributed by atoms with E-state index >= 15 is 0 Å². The lowest BCUT2D eigenvalue weighted by Gasteiger charge is -2.27. The summed E-state index contributed by atoms with van der Waals surface area (Å²) in [5.74, 6) is -0.440. The van der Waals surface area contributed by atoms with Crippen molar-refractivity contribution in [2.45, 2.75) is 31.7 Å². The summed E-state index contributed by atoms with van der Waals surface area (Å²) in [5.41, 5.74) is 4.77. The standard InChI is InChI=1S/C30H29ClN2O3S/c1-21-12-16-25(17-13-21)30(24-8-5-4-6-9-24)32-29(34)20-33(28-11-7-10-27(31)23(28)3)37(35,36)26-18-14-22(2)15-19-26/h4-19,30H,20H2,1-3H3,(H,32,34). The Morgan fingerprint density at radius 2 is 1.35 bits per heavy atom. The molecule has 0 spiro atoms. The van der Waals surface area contributed by atoms with Crippen LogP contribution < -0.4 is 9.62 Å². The summed E-state index contributed by atoms with van der Waals surface area (Å²) in [4.78, 5) is 13.6. The first-order valence-corrected chi connectivity index (χ1v) is 13.7. The maximum atomic E-state index is 13.8. The first-order chi connectivity index (χ1) is 17.7. The van der Waals surface area contributed by atoms with Crippen molar-refractivity contribution in [3.05, 3.63) is 130 Å². The minimum atomic E-state index is -4.06. The van der Waals surface area contributed by atoms with Gasteiger partial charge < -0.3 is 5.32 Å². The predicted octanol–water partition coefficient (Wildman–Crippen LogP) is 6.37. The Bertz CT molecular complexity index is 1490. The third-order valence-electron chi connectivity index (χ3n) is 6.25. The topological polar surface area (TPSA) is 66.5 Å². The van der Waals surface area contributed by atoms with Crippen molar-refractivity contribution in [3.63, 3.8) is 0 Å². The second-order valence-electron chi connectivity index (χ2n) is 9.03. The van der Waals surface area contributed by atoms with Crippen LogP contribution in [0.15, 0.2) is 102 Å². The predicted molar refractivity (Wildman–Crippen MR) is 150 cm³/mol. The van der Waals surface area contributed by atoms with Crippen molar-refractivity contribution in [1.82, 2.24) is 5.32 Å². The first-order valence-electron chi connectivity index (χ1n) is 11.9. The van der Waals surface area contributed by atoms with Crippen molar-refractivity contribution in [2.24, 2.45) is 0 Å². The second-order valence-corrected chi connectivity index (χ2v) is 11.3. The van der Waals surface area contributed by atoms with Crippen molar-refractivity contribution in [1.29, 1.82) is 0 Å². The molecule has 1 amide bonds. The Balaban J connectivity index is 1.72. The Labute approximate surface area is 223 Å². The highest BCUT2D eigenvalue weighted by molar-refractivity contribution is 7.92. The van der Waals surface area contributed by atoms with E-state index in [0.29, 0.717) is 16.3 Å². The third-order valence-corrected chi connectivity index (χ3v) is 8.44. The molecule has 0 bridgehead atoms. The summed E-state index contributed by atoms with van der Waals surface area (Å²) >= 11 is 6.35. The maximum absolute atomic E-state index is 13.8. The molecular weight excluding hydrogens is 504 g/mol. The number of sulfonamides is 1. The fraction of sp³-hybridized carbons (Fsp3) is 0.167. The van der Waals surface area contributed by atoms with Gasteiger partial charge in [-0.15, -0.1) is 0 Å². The molecule has 37 heavy (non-hydrogen) atoms. The summed E-state index contributed by atoms with van der Waals surface area (Å²) in [6.07, 6.45) is 0. The summed E-state index contributed by atoms with van der Waals surface area (Å²) in [7, 11) is -4.06. The lowest BCUT2D eigenvalue weighted by atomic mass is 9.98. The van der Waals surface area contributed by atoms with Gasteiger partial charge in [-0.25, -0.2) is 8.42 Å². The van der Waals surface area contributed by atoms with Crippen LogP contribution in [0.5, 0.6) is 0 Å². The summed E-state index contributed by atoms with van der Waals surface area (Å²) in [6.45, 7) is 5.22. The monoisotopic (exact) mass is 532 g/mol. The number of hydrogen-bond acceptors (Lipinski definition) is 3. The van der Waals surface area contributed by atoms with Gasteiger partial charge in [0.2, 0.25) is 5.91 Å². The fourth-order valence-electron chi connectivity index (χ4n) is 4.10. The molecule has 0 aromatic heterocycles. The van der Waals surface area contributed by atoms with Crippen LogP contribution in [-0.4, -0.2) is 20.9 Å². The van der Waals surface area contributed by atoms with Crippen LogP contribution in [0, 0.1) is 20.8 Å². The molecule has 7 heteroatoms. The lowest BCUT2D eigenvalue weighted by Crippen LogP contribution is -2.42. The molecule has 0 radical (unpaired) electrons. The van der Waals surface area contributed by atoms with Crippen LogP contribution in [0.2, 0.25) is 5.02 Å². The van der Waals surface area contributed by atoms with Crippen LogP contribution in [0.1, 0.15) is 33.9 Å². The van der Waals surface area contributed by atoms with Gasteiger partial charge in [-0.05, 0) is 61.7 Å². The van der Waals surface area contributed by atoms with Crippen molar-refractivity contribution in [2.75, 3.05) is 10.8 Å². The van der Waals surface area contributed by atoms with E-state index in [0.717, 1.165) is 26.6 Å². The van der Waals surface area contributed by atoms with Gasteiger partial charge in [0.1, 0.15) is 6.54 Å². The Morgan fingerprint density at radius 3 is 1.97 bits per heavy atom. The number of anilines is 1. The largest absolute Gasteiger partial charge is 0.344 e. The van der Waals surface area contributed by atoms with Gasteiger partial charge >= 0.3 is 0 Å². The van der Waals surface area contributed by atoms with E-state index in [1.54, 1.807) is 49.4 Å². The molecule has 5 nitrogen and oxygen atoms in total. The van der Waals surface area contributed by atoms with E-state index in [2.05, 4.69) is 5.32 Å². The zero-order chi connectivity index (χ0) is 26.6. The van der Waals surface area contributed by atoms with Gasteiger partial charge in [-0.2, -0.15) is 0 Å². The number of carbonyl (C=O) groups is 1. The molecule has 4 rings (SSSR count). The molecular formula is C30H29ClN2O3S. The number of halogens is 1. The SMILES string of the molecule is Cc1ccc(C(NC(=O)CN(c2cccc(Cl)c2C)S(=O)(=O)c2ccc(C)cc2)c2ccccc2)cc1.